The molecule has 0 aliphatic carbocycles. The van der Waals surface area contributed by atoms with Crippen LogP contribution >= 0.6 is 11.3 Å². The summed E-state index contributed by atoms with van der Waals surface area (Å²) in [5.41, 5.74) is 5.25. The number of nitrogens with zero attached hydrogens (tertiary/aromatic N) is 1. The van der Waals surface area contributed by atoms with E-state index in [1.807, 2.05) is 41.8 Å². The molecule has 150 valence electrons. The summed E-state index contributed by atoms with van der Waals surface area (Å²) >= 11 is 1.44. The first-order valence-corrected chi connectivity index (χ1v) is 11.0. The third kappa shape index (κ3) is 4.39. The van der Waals surface area contributed by atoms with Gasteiger partial charge in [-0.1, -0.05) is 97.1 Å². The van der Waals surface area contributed by atoms with Crippen molar-refractivity contribution >= 4 is 33.1 Å². The maximum Gasteiger partial charge on any atom is 0.230 e. The van der Waals surface area contributed by atoms with Crippen molar-refractivity contribution in [3.63, 3.8) is 0 Å². The van der Waals surface area contributed by atoms with Gasteiger partial charge in [0.2, 0.25) is 5.91 Å². The van der Waals surface area contributed by atoms with Gasteiger partial charge in [-0.3, -0.25) is 4.79 Å². The van der Waals surface area contributed by atoms with E-state index in [4.69, 9.17) is 0 Å². The molecule has 0 aliphatic rings. The van der Waals surface area contributed by atoms with Crippen LogP contribution in [0.4, 0.5) is 5.13 Å². The van der Waals surface area contributed by atoms with Gasteiger partial charge in [-0.25, -0.2) is 4.98 Å². The normalized spacial score (nSPS) is 10.8. The Bertz CT molecular complexity index is 1340. The van der Waals surface area contributed by atoms with E-state index >= 15 is 0 Å². The molecule has 0 aliphatic heterocycles. The Morgan fingerprint density at radius 1 is 0.742 bits per heavy atom. The number of rotatable bonds is 5. The first kappa shape index (κ1) is 19.2. The van der Waals surface area contributed by atoms with E-state index in [9.17, 15) is 4.79 Å². The number of anilines is 1. The quantitative estimate of drug-likeness (QED) is 0.339. The summed E-state index contributed by atoms with van der Waals surface area (Å²) in [6.07, 6.45) is 0.325. The van der Waals surface area contributed by atoms with Crippen LogP contribution < -0.4 is 5.32 Å². The molecule has 0 atom stereocenters. The number of nitrogens with one attached hydrogen (secondary N) is 1. The molecule has 0 saturated carbocycles. The zero-order valence-corrected chi connectivity index (χ0v) is 17.6. The van der Waals surface area contributed by atoms with E-state index in [0.29, 0.717) is 11.6 Å². The molecule has 0 bridgehead atoms. The smallest absolute Gasteiger partial charge is 0.230 e. The Kier molecular flexibility index (Phi) is 5.29. The van der Waals surface area contributed by atoms with E-state index in [1.54, 1.807) is 0 Å². The van der Waals surface area contributed by atoms with Crippen LogP contribution in [-0.4, -0.2) is 10.9 Å². The number of amides is 1. The topological polar surface area (TPSA) is 42.0 Å². The van der Waals surface area contributed by atoms with E-state index in [2.05, 4.69) is 71.0 Å². The van der Waals surface area contributed by atoms with Gasteiger partial charge in [0.1, 0.15) is 0 Å². The highest BCUT2D eigenvalue weighted by atomic mass is 32.1. The monoisotopic (exact) mass is 420 g/mol. The fourth-order valence-electron chi connectivity index (χ4n) is 3.63. The van der Waals surface area contributed by atoms with Gasteiger partial charge in [0.25, 0.3) is 0 Å². The number of hydrogen-bond acceptors (Lipinski definition) is 3. The van der Waals surface area contributed by atoms with Gasteiger partial charge in [-0.15, -0.1) is 11.3 Å². The highest BCUT2D eigenvalue weighted by Crippen LogP contribution is 2.28. The first-order chi connectivity index (χ1) is 15.2. The van der Waals surface area contributed by atoms with Crippen LogP contribution in [0.3, 0.4) is 0 Å². The van der Waals surface area contributed by atoms with Crippen LogP contribution in [0.25, 0.3) is 33.2 Å². The Morgan fingerprint density at radius 2 is 1.42 bits per heavy atom. The van der Waals surface area contributed by atoms with Crippen LogP contribution in [-0.2, 0) is 11.2 Å². The second-order valence-corrected chi connectivity index (χ2v) is 8.25. The Labute approximate surface area is 185 Å². The Hall–Kier alpha value is -3.76. The van der Waals surface area contributed by atoms with Gasteiger partial charge in [-0.2, -0.15) is 0 Å². The number of carbonyl (C=O) groups is 1. The maximum atomic E-state index is 12.5. The zero-order chi connectivity index (χ0) is 21.0. The summed E-state index contributed by atoms with van der Waals surface area (Å²) in [6, 6.07) is 32.9. The molecule has 0 fully saturated rings. The molecule has 0 spiro atoms. The fraction of sp³-hybridized carbons (Fsp3) is 0.0370. The molecule has 1 N–H and O–H groups in total. The van der Waals surface area contributed by atoms with E-state index in [1.165, 1.54) is 27.8 Å². The number of thiazole rings is 1. The molecule has 4 heteroatoms. The number of fused-ring (bicyclic) bond motifs is 1. The lowest BCUT2D eigenvalue weighted by Crippen LogP contribution is -2.14. The second kappa shape index (κ2) is 8.54. The molecule has 0 unspecified atom stereocenters. The lowest BCUT2D eigenvalue weighted by atomic mass is 10.0. The van der Waals surface area contributed by atoms with Crippen LogP contribution in [0, 0.1) is 0 Å². The van der Waals surface area contributed by atoms with Crippen molar-refractivity contribution in [2.24, 2.45) is 0 Å². The van der Waals surface area contributed by atoms with Gasteiger partial charge in [-0.05, 0) is 27.5 Å². The Balaban J connectivity index is 1.26. The lowest BCUT2D eigenvalue weighted by Gasteiger charge is -2.04. The highest BCUT2D eigenvalue weighted by Gasteiger charge is 2.10. The molecule has 1 amide bonds. The largest absolute Gasteiger partial charge is 0.302 e. The molecule has 3 nitrogen and oxygen atoms in total. The van der Waals surface area contributed by atoms with E-state index < -0.39 is 0 Å². The lowest BCUT2D eigenvalue weighted by molar-refractivity contribution is -0.115. The predicted octanol–water partition coefficient (Wildman–Crippen LogP) is 6.81. The van der Waals surface area contributed by atoms with Crippen molar-refractivity contribution in [3.8, 4) is 22.4 Å². The second-order valence-electron chi connectivity index (χ2n) is 7.39. The van der Waals surface area contributed by atoms with Crippen LogP contribution in [0.2, 0.25) is 0 Å². The third-order valence-corrected chi connectivity index (χ3v) is 5.97. The summed E-state index contributed by atoms with van der Waals surface area (Å²) in [6.45, 7) is 0. The van der Waals surface area contributed by atoms with Gasteiger partial charge in [0.15, 0.2) is 5.13 Å². The molecule has 5 aromatic rings. The molecule has 1 heterocycles. The highest BCUT2D eigenvalue weighted by molar-refractivity contribution is 7.14. The average molecular weight is 421 g/mol. The number of benzene rings is 4. The minimum absolute atomic E-state index is 0.0596. The summed E-state index contributed by atoms with van der Waals surface area (Å²) in [5.74, 6) is -0.0596. The summed E-state index contributed by atoms with van der Waals surface area (Å²) in [7, 11) is 0. The fourth-order valence-corrected chi connectivity index (χ4v) is 4.36. The standard InChI is InChI=1S/C27H20N2OS/c30-26(17-19-10-11-21-8-4-5-9-24(21)16-19)29-27-28-25(18-31-27)23-14-12-22(13-15-23)20-6-2-1-3-7-20/h1-16,18H,17H2,(H,28,29,30). The summed E-state index contributed by atoms with van der Waals surface area (Å²) in [4.78, 5) is 17.1. The van der Waals surface area contributed by atoms with Gasteiger partial charge in [0.05, 0.1) is 12.1 Å². The van der Waals surface area contributed by atoms with Crippen molar-refractivity contribution < 1.29 is 4.79 Å². The average Bonchev–Trinajstić information content (AvgIpc) is 3.28. The Morgan fingerprint density at radius 3 is 2.23 bits per heavy atom. The van der Waals surface area contributed by atoms with Gasteiger partial charge < -0.3 is 5.32 Å². The van der Waals surface area contributed by atoms with Crippen LogP contribution in [0.1, 0.15) is 5.56 Å². The predicted molar refractivity (Wildman–Crippen MR) is 129 cm³/mol. The molecule has 0 saturated heterocycles. The van der Waals surface area contributed by atoms with Crippen molar-refractivity contribution in [2.45, 2.75) is 6.42 Å². The number of carbonyl (C=O) groups excluding carboxylic acids is 1. The summed E-state index contributed by atoms with van der Waals surface area (Å²) in [5, 5.41) is 7.85. The number of aromatic nitrogens is 1. The van der Waals surface area contributed by atoms with Crippen molar-refractivity contribution in [2.75, 3.05) is 5.32 Å². The van der Waals surface area contributed by atoms with Gasteiger partial charge in [0, 0.05) is 10.9 Å². The third-order valence-electron chi connectivity index (χ3n) is 5.22. The van der Waals surface area contributed by atoms with Crippen molar-refractivity contribution in [1.29, 1.82) is 0 Å². The molecule has 5 rings (SSSR count). The molecule has 4 aromatic carbocycles. The van der Waals surface area contributed by atoms with Crippen LogP contribution in [0.15, 0.2) is 102 Å². The summed E-state index contributed by atoms with van der Waals surface area (Å²) < 4.78 is 0. The van der Waals surface area contributed by atoms with Gasteiger partial charge >= 0.3 is 0 Å². The minimum Gasteiger partial charge on any atom is -0.302 e. The molecule has 1 aromatic heterocycles. The maximum absolute atomic E-state index is 12.5. The molecular weight excluding hydrogens is 400 g/mol. The van der Waals surface area contributed by atoms with Crippen molar-refractivity contribution in [3.05, 3.63) is 108 Å². The van der Waals surface area contributed by atoms with Crippen LogP contribution in [0.5, 0.6) is 0 Å². The first-order valence-electron chi connectivity index (χ1n) is 10.1. The zero-order valence-electron chi connectivity index (χ0n) is 16.8. The molecule has 0 radical (unpaired) electrons. The minimum atomic E-state index is -0.0596. The molecule has 31 heavy (non-hydrogen) atoms. The SMILES string of the molecule is O=C(Cc1ccc2ccccc2c1)Nc1nc(-c2ccc(-c3ccccc3)cc2)cs1. The molecular formula is C27H20N2OS. The number of hydrogen-bond donors (Lipinski definition) is 1. The van der Waals surface area contributed by atoms with E-state index in [-0.39, 0.29) is 5.91 Å². The van der Waals surface area contributed by atoms with E-state index in [0.717, 1.165) is 22.2 Å². The van der Waals surface area contributed by atoms with Crippen molar-refractivity contribution in [1.82, 2.24) is 4.98 Å².